The van der Waals surface area contributed by atoms with Gasteiger partial charge in [0.1, 0.15) is 5.54 Å². The van der Waals surface area contributed by atoms with Crippen molar-refractivity contribution in [3.8, 4) is 0 Å². The summed E-state index contributed by atoms with van der Waals surface area (Å²) in [7, 11) is 1.64. The van der Waals surface area contributed by atoms with Crippen molar-refractivity contribution in [2.75, 3.05) is 33.5 Å². The molecule has 5 heteroatoms. The third-order valence-electron chi connectivity index (χ3n) is 3.67. The van der Waals surface area contributed by atoms with Crippen LogP contribution in [-0.2, 0) is 19.0 Å². The van der Waals surface area contributed by atoms with Crippen molar-refractivity contribution in [1.82, 2.24) is 0 Å². The number of hydrogen-bond acceptors (Lipinski definition) is 5. The van der Waals surface area contributed by atoms with E-state index >= 15 is 0 Å². The van der Waals surface area contributed by atoms with Gasteiger partial charge in [-0.25, -0.2) is 0 Å². The van der Waals surface area contributed by atoms with E-state index in [1.807, 2.05) is 0 Å². The minimum atomic E-state index is -0.760. The lowest BCUT2D eigenvalue weighted by Crippen LogP contribution is -2.51. The monoisotopic (exact) mass is 273 g/mol. The number of methoxy groups -OCH3 is 1. The van der Waals surface area contributed by atoms with Gasteiger partial charge in [-0.2, -0.15) is 0 Å². The number of ether oxygens (including phenoxy) is 3. The molecule has 0 spiro atoms. The maximum absolute atomic E-state index is 12.0. The minimum absolute atomic E-state index is 0.253. The highest BCUT2D eigenvalue weighted by Crippen LogP contribution is 2.30. The van der Waals surface area contributed by atoms with Crippen LogP contribution >= 0.6 is 0 Å². The average molecular weight is 273 g/mol. The van der Waals surface area contributed by atoms with Crippen LogP contribution in [0.15, 0.2) is 0 Å². The summed E-state index contributed by atoms with van der Waals surface area (Å²) in [6.07, 6.45) is 4.17. The van der Waals surface area contributed by atoms with Gasteiger partial charge in [0.2, 0.25) is 0 Å². The molecule has 0 bridgehead atoms. The van der Waals surface area contributed by atoms with Gasteiger partial charge >= 0.3 is 5.97 Å². The maximum Gasteiger partial charge on any atom is 0.326 e. The summed E-state index contributed by atoms with van der Waals surface area (Å²) in [6, 6.07) is 0. The predicted octanol–water partition coefficient (Wildman–Crippen LogP) is 1.49. The number of rotatable bonds is 8. The number of esters is 1. The van der Waals surface area contributed by atoms with E-state index in [0.717, 1.165) is 25.7 Å². The predicted molar refractivity (Wildman–Crippen MR) is 72.8 cm³/mol. The molecular weight excluding hydrogens is 246 g/mol. The number of carbonyl (C=O) groups is 1. The van der Waals surface area contributed by atoms with Gasteiger partial charge in [-0.3, -0.25) is 4.79 Å². The Morgan fingerprint density at radius 2 is 1.89 bits per heavy atom. The highest BCUT2D eigenvalue weighted by atomic mass is 16.5. The molecule has 1 saturated carbocycles. The molecule has 19 heavy (non-hydrogen) atoms. The molecule has 0 heterocycles. The van der Waals surface area contributed by atoms with Crippen molar-refractivity contribution in [3.05, 3.63) is 0 Å². The number of hydrogen-bond donors (Lipinski definition) is 1. The Balaban J connectivity index is 2.10. The average Bonchev–Trinajstić information content (AvgIpc) is 2.41. The van der Waals surface area contributed by atoms with E-state index in [9.17, 15) is 4.79 Å². The van der Waals surface area contributed by atoms with Gasteiger partial charge in [0.25, 0.3) is 0 Å². The van der Waals surface area contributed by atoms with Crippen molar-refractivity contribution >= 4 is 5.97 Å². The minimum Gasteiger partial charge on any atom is -0.464 e. The van der Waals surface area contributed by atoms with Crippen LogP contribution in [0.3, 0.4) is 0 Å². The molecule has 1 aliphatic rings. The zero-order valence-corrected chi connectivity index (χ0v) is 12.2. The molecule has 5 nitrogen and oxygen atoms in total. The van der Waals surface area contributed by atoms with Gasteiger partial charge in [0, 0.05) is 20.1 Å². The first-order valence-electron chi connectivity index (χ1n) is 7.11. The standard InChI is InChI=1S/C14H27NO4/c1-12-4-6-14(15,7-5-12)13(16)19-9-3-8-18-11-10-17-2/h12H,3-11,15H2,1-2H3. The van der Waals surface area contributed by atoms with Crippen molar-refractivity contribution in [3.63, 3.8) is 0 Å². The Bertz CT molecular complexity index is 262. The van der Waals surface area contributed by atoms with Crippen LogP contribution in [0.25, 0.3) is 0 Å². The van der Waals surface area contributed by atoms with Crippen LogP contribution in [0.5, 0.6) is 0 Å². The van der Waals surface area contributed by atoms with E-state index in [0.29, 0.717) is 38.8 Å². The van der Waals surface area contributed by atoms with Gasteiger partial charge in [0.15, 0.2) is 0 Å². The zero-order chi connectivity index (χ0) is 14.1. The van der Waals surface area contributed by atoms with Gasteiger partial charge < -0.3 is 19.9 Å². The molecule has 0 aromatic carbocycles. The van der Waals surface area contributed by atoms with Gasteiger partial charge in [-0.15, -0.1) is 0 Å². The molecule has 0 aromatic rings. The van der Waals surface area contributed by atoms with E-state index in [2.05, 4.69) is 6.92 Å². The first-order chi connectivity index (χ1) is 9.08. The largest absolute Gasteiger partial charge is 0.464 e. The Morgan fingerprint density at radius 3 is 2.53 bits per heavy atom. The lowest BCUT2D eigenvalue weighted by Gasteiger charge is -2.33. The molecule has 0 saturated heterocycles. The molecule has 1 aliphatic carbocycles. The molecule has 0 aromatic heterocycles. The Kier molecular flexibility index (Phi) is 7.34. The van der Waals surface area contributed by atoms with Crippen LogP contribution in [0.2, 0.25) is 0 Å². The Labute approximate surface area is 115 Å². The molecule has 1 rings (SSSR count). The second-order valence-electron chi connectivity index (χ2n) is 5.43. The van der Waals surface area contributed by atoms with E-state index in [1.54, 1.807) is 7.11 Å². The summed E-state index contributed by atoms with van der Waals surface area (Å²) in [4.78, 5) is 12.0. The molecule has 0 radical (unpaired) electrons. The number of nitrogens with two attached hydrogens (primary N) is 1. The summed E-state index contributed by atoms with van der Waals surface area (Å²) >= 11 is 0. The zero-order valence-electron chi connectivity index (χ0n) is 12.2. The summed E-state index contributed by atoms with van der Waals surface area (Å²) in [6.45, 7) is 4.31. The molecule has 1 fully saturated rings. The van der Waals surface area contributed by atoms with Gasteiger partial charge in [0.05, 0.1) is 19.8 Å². The normalized spacial score (nSPS) is 27.2. The maximum atomic E-state index is 12.0. The Morgan fingerprint density at radius 1 is 1.21 bits per heavy atom. The van der Waals surface area contributed by atoms with E-state index in [4.69, 9.17) is 19.9 Å². The molecule has 0 atom stereocenters. The molecule has 0 aliphatic heterocycles. The highest BCUT2D eigenvalue weighted by Gasteiger charge is 2.38. The Hall–Kier alpha value is -0.650. The van der Waals surface area contributed by atoms with Gasteiger partial charge in [-0.05, 0) is 31.6 Å². The molecule has 0 amide bonds. The highest BCUT2D eigenvalue weighted by molar-refractivity contribution is 5.80. The lowest BCUT2D eigenvalue weighted by molar-refractivity contribution is -0.152. The van der Waals surface area contributed by atoms with Crippen LogP contribution in [0.1, 0.15) is 39.0 Å². The van der Waals surface area contributed by atoms with Crippen molar-refractivity contribution in [2.45, 2.75) is 44.6 Å². The smallest absolute Gasteiger partial charge is 0.326 e. The van der Waals surface area contributed by atoms with Crippen molar-refractivity contribution in [2.24, 2.45) is 11.7 Å². The summed E-state index contributed by atoms with van der Waals surface area (Å²) < 4.78 is 15.4. The fourth-order valence-electron chi connectivity index (χ4n) is 2.20. The van der Waals surface area contributed by atoms with Gasteiger partial charge in [-0.1, -0.05) is 6.92 Å². The fraction of sp³-hybridized carbons (Fsp3) is 0.929. The van der Waals surface area contributed by atoms with Crippen LogP contribution < -0.4 is 5.73 Å². The van der Waals surface area contributed by atoms with Crippen LogP contribution in [-0.4, -0.2) is 45.0 Å². The SMILES string of the molecule is COCCOCCCOC(=O)C1(N)CCC(C)CC1. The summed E-state index contributed by atoms with van der Waals surface area (Å²) in [5.41, 5.74) is 5.36. The second kappa shape index (κ2) is 8.51. The van der Waals surface area contributed by atoms with Crippen molar-refractivity contribution in [1.29, 1.82) is 0 Å². The molecule has 0 unspecified atom stereocenters. The van der Waals surface area contributed by atoms with Crippen molar-refractivity contribution < 1.29 is 19.0 Å². The van der Waals surface area contributed by atoms with E-state index in [1.165, 1.54) is 0 Å². The van der Waals surface area contributed by atoms with Crippen LogP contribution in [0.4, 0.5) is 0 Å². The summed E-state index contributed by atoms with van der Waals surface area (Å²) in [5.74, 6) is 0.412. The quantitative estimate of drug-likeness (QED) is 0.536. The molecule has 2 N–H and O–H groups in total. The molecular formula is C14H27NO4. The third-order valence-corrected chi connectivity index (χ3v) is 3.67. The lowest BCUT2D eigenvalue weighted by atomic mass is 9.78. The summed E-state index contributed by atoms with van der Waals surface area (Å²) in [5, 5.41) is 0. The number of carbonyl (C=O) groups excluding carboxylic acids is 1. The topological polar surface area (TPSA) is 70.8 Å². The third kappa shape index (κ3) is 5.89. The van der Waals surface area contributed by atoms with E-state index in [-0.39, 0.29) is 5.97 Å². The molecule has 112 valence electrons. The first-order valence-corrected chi connectivity index (χ1v) is 7.11. The second-order valence-corrected chi connectivity index (χ2v) is 5.43. The first kappa shape index (κ1) is 16.4. The fourth-order valence-corrected chi connectivity index (χ4v) is 2.20. The van der Waals surface area contributed by atoms with E-state index < -0.39 is 5.54 Å². The van der Waals surface area contributed by atoms with Crippen LogP contribution in [0, 0.1) is 5.92 Å².